The fourth-order valence-electron chi connectivity index (χ4n) is 1.48. The monoisotopic (exact) mass is 227 g/mol. The Labute approximate surface area is 99.8 Å². The van der Waals surface area contributed by atoms with Crippen LogP contribution in [0.5, 0.6) is 0 Å². The molecule has 94 valence electrons. The normalized spacial score (nSPS) is 15.1. The summed E-state index contributed by atoms with van der Waals surface area (Å²) in [5.74, 6) is -0.137. The highest BCUT2D eigenvalue weighted by molar-refractivity contribution is 5.84. The highest BCUT2D eigenvalue weighted by atomic mass is 16.3. The highest BCUT2D eigenvalue weighted by Crippen LogP contribution is 2.14. The van der Waals surface area contributed by atoms with E-state index < -0.39 is 5.60 Å². The van der Waals surface area contributed by atoms with E-state index in [-0.39, 0.29) is 5.91 Å². The number of terminal acetylenes is 1. The Morgan fingerprint density at radius 3 is 1.81 bits per heavy atom. The van der Waals surface area contributed by atoms with Crippen LogP contribution in [0.4, 0.5) is 0 Å². The van der Waals surface area contributed by atoms with Gasteiger partial charge in [-0.15, -0.1) is 12.8 Å². The minimum atomic E-state index is -1.20. The summed E-state index contributed by atoms with van der Waals surface area (Å²) in [6.45, 7) is 8.71. The number of piperidine rings is 1. The van der Waals surface area contributed by atoms with Gasteiger partial charge in [-0.3, -0.25) is 4.79 Å². The second-order valence-corrected chi connectivity index (χ2v) is 3.91. The number of hydrogen-bond donors (Lipinski definition) is 1. The minimum Gasteiger partial charge on any atom is -0.381 e. The maximum Gasteiger partial charge on any atom is 0.253 e. The number of nitrogens with zero attached hydrogens (tertiary/aromatic N) is 1. The van der Waals surface area contributed by atoms with Crippen molar-refractivity contribution in [3.8, 4) is 12.8 Å². The first kappa shape index (κ1) is 17.4. The molecule has 1 fully saturated rings. The average Bonchev–Trinajstić information content (AvgIpc) is 2.33. The molecule has 0 aromatic rings. The van der Waals surface area contributed by atoms with Crippen LogP contribution in [-0.2, 0) is 4.79 Å². The van der Waals surface area contributed by atoms with E-state index in [2.05, 4.69) is 12.8 Å². The Morgan fingerprint density at radius 1 is 1.12 bits per heavy atom. The molecule has 16 heavy (non-hydrogen) atoms. The first-order valence-corrected chi connectivity index (χ1v) is 5.87. The maximum atomic E-state index is 11.5. The van der Waals surface area contributed by atoms with Crippen LogP contribution >= 0.6 is 0 Å². The zero-order valence-corrected chi connectivity index (χ0v) is 11.0. The summed E-state index contributed by atoms with van der Waals surface area (Å²) < 4.78 is 0. The molecule has 1 aliphatic heterocycles. The van der Waals surface area contributed by atoms with Gasteiger partial charge in [-0.05, 0) is 33.1 Å². The molecule has 1 amide bonds. The summed E-state index contributed by atoms with van der Waals surface area (Å²) in [4.78, 5) is 13.2. The topological polar surface area (TPSA) is 40.5 Å². The molecule has 3 heteroatoms. The van der Waals surface area contributed by atoms with Crippen LogP contribution in [0.3, 0.4) is 0 Å². The Hall–Kier alpha value is -1.01. The quantitative estimate of drug-likeness (QED) is 0.696. The predicted octanol–water partition coefficient (Wildman–Crippen LogP) is 2.05. The van der Waals surface area contributed by atoms with E-state index in [4.69, 9.17) is 0 Å². The highest BCUT2D eigenvalue weighted by Gasteiger charge is 2.29. The van der Waals surface area contributed by atoms with Crippen LogP contribution < -0.4 is 0 Å². The first-order chi connectivity index (χ1) is 7.52. The third kappa shape index (κ3) is 6.47. The molecule has 1 N–H and O–H groups in total. The number of rotatable bonds is 1. The molecule has 1 heterocycles. The molecule has 0 aliphatic carbocycles. The van der Waals surface area contributed by atoms with Gasteiger partial charge in [0.25, 0.3) is 5.91 Å². The van der Waals surface area contributed by atoms with Crippen molar-refractivity contribution < 1.29 is 9.90 Å². The van der Waals surface area contributed by atoms with Gasteiger partial charge in [0.2, 0.25) is 0 Å². The number of hydrogen-bond acceptors (Lipinski definition) is 2. The van der Waals surface area contributed by atoms with Gasteiger partial charge in [-0.1, -0.05) is 13.8 Å². The molecule has 0 unspecified atom stereocenters. The van der Waals surface area contributed by atoms with Gasteiger partial charge in [0, 0.05) is 13.1 Å². The average molecular weight is 227 g/mol. The first-order valence-electron chi connectivity index (χ1n) is 5.87. The SMILES string of the molecule is C#C.CC.CC(C)(O)C(=O)N1CCCCC1. The molecule has 0 atom stereocenters. The molecular weight excluding hydrogens is 202 g/mol. The Kier molecular flexibility index (Phi) is 10.0. The Bertz CT molecular complexity index is 198. The van der Waals surface area contributed by atoms with Crippen molar-refractivity contribution in [2.75, 3.05) is 13.1 Å². The van der Waals surface area contributed by atoms with Crippen LogP contribution in [0.2, 0.25) is 0 Å². The third-order valence-electron chi connectivity index (χ3n) is 2.17. The lowest BCUT2D eigenvalue weighted by atomic mass is 10.1. The Morgan fingerprint density at radius 2 is 1.50 bits per heavy atom. The smallest absolute Gasteiger partial charge is 0.253 e. The standard InChI is InChI=1S/C9H17NO2.C2H6.C2H2/c1-9(2,12)8(11)10-6-4-3-5-7-10;2*1-2/h12H,3-7H2,1-2H3;1-2H3;1-2H. The molecule has 3 nitrogen and oxygen atoms in total. The molecule has 0 saturated carbocycles. The van der Waals surface area contributed by atoms with E-state index in [9.17, 15) is 9.90 Å². The molecule has 1 rings (SSSR count). The molecule has 0 aromatic carbocycles. The van der Waals surface area contributed by atoms with E-state index in [0.717, 1.165) is 25.9 Å². The van der Waals surface area contributed by atoms with Gasteiger partial charge < -0.3 is 10.0 Å². The van der Waals surface area contributed by atoms with Crippen LogP contribution in [0.1, 0.15) is 47.0 Å². The molecule has 0 spiro atoms. The number of aliphatic hydroxyl groups is 1. The summed E-state index contributed by atoms with van der Waals surface area (Å²) in [6, 6.07) is 0. The molecule has 0 radical (unpaired) electrons. The number of carbonyl (C=O) groups is 1. The zero-order valence-electron chi connectivity index (χ0n) is 11.0. The number of carbonyl (C=O) groups excluding carboxylic acids is 1. The largest absolute Gasteiger partial charge is 0.381 e. The van der Waals surface area contributed by atoms with E-state index >= 15 is 0 Å². The second kappa shape index (κ2) is 9.23. The molecular formula is C13H25NO2. The van der Waals surface area contributed by atoms with Crippen LogP contribution in [0.25, 0.3) is 0 Å². The molecule has 0 bridgehead atoms. The summed E-state index contributed by atoms with van der Waals surface area (Å²) in [5.41, 5.74) is -1.20. The third-order valence-corrected chi connectivity index (χ3v) is 2.17. The van der Waals surface area contributed by atoms with Gasteiger partial charge in [0.15, 0.2) is 0 Å². The maximum absolute atomic E-state index is 11.5. The molecule has 0 aromatic heterocycles. The van der Waals surface area contributed by atoms with Crippen LogP contribution in [-0.4, -0.2) is 34.6 Å². The van der Waals surface area contributed by atoms with E-state index in [0.29, 0.717) is 0 Å². The van der Waals surface area contributed by atoms with Gasteiger partial charge >= 0.3 is 0 Å². The van der Waals surface area contributed by atoms with Gasteiger partial charge in [0.05, 0.1) is 0 Å². The Balaban J connectivity index is 0. The predicted molar refractivity (Wildman–Crippen MR) is 68.0 cm³/mol. The number of likely N-dealkylation sites (tertiary alicyclic amines) is 1. The fourth-order valence-corrected chi connectivity index (χ4v) is 1.48. The lowest BCUT2D eigenvalue weighted by Crippen LogP contribution is -2.47. The van der Waals surface area contributed by atoms with Gasteiger partial charge in [-0.2, -0.15) is 0 Å². The number of amides is 1. The molecule has 1 aliphatic rings. The van der Waals surface area contributed by atoms with E-state index in [1.165, 1.54) is 6.42 Å². The van der Waals surface area contributed by atoms with Gasteiger partial charge in [0.1, 0.15) is 5.60 Å². The summed E-state index contributed by atoms with van der Waals surface area (Å²) in [7, 11) is 0. The van der Waals surface area contributed by atoms with Crippen molar-refractivity contribution >= 4 is 5.91 Å². The summed E-state index contributed by atoms with van der Waals surface area (Å²) in [5, 5.41) is 9.45. The van der Waals surface area contributed by atoms with Crippen molar-refractivity contribution in [1.29, 1.82) is 0 Å². The summed E-state index contributed by atoms with van der Waals surface area (Å²) >= 11 is 0. The summed E-state index contributed by atoms with van der Waals surface area (Å²) in [6.07, 6.45) is 11.3. The van der Waals surface area contributed by atoms with Crippen LogP contribution in [0, 0.1) is 12.8 Å². The lowest BCUT2D eigenvalue weighted by Gasteiger charge is -2.31. The molecule has 1 saturated heterocycles. The van der Waals surface area contributed by atoms with Crippen LogP contribution in [0.15, 0.2) is 0 Å². The lowest BCUT2D eigenvalue weighted by molar-refractivity contribution is -0.148. The minimum absolute atomic E-state index is 0.137. The van der Waals surface area contributed by atoms with Crippen molar-refractivity contribution in [2.24, 2.45) is 0 Å². The zero-order chi connectivity index (χ0) is 13.2. The second-order valence-electron chi connectivity index (χ2n) is 3.91. The van der Waals surface area contributed by atoms with E-state index in [1.807, 2.05) is 13.8 Å². The van der Waals surface area contributed by atoms with Crippen molar-refractivity contribution in [3.05, 3.63) is 0 Å². The van der Waals surface area contributed by atoms with Crippen molar-refractivity contribution in [1.82, 2.24) is 4.90 Å². The fraction of sp³-hybridized carbons (Fsp3) is 0.769. The van der Waals surface area contributed by atoms with Crippen molar-refractivity contribution in [3.63, 3.8) is 0 Å². The van der Waals surface area contributed by atoms with Gasteiger partial charge in [-0.25, -0.2) is 0 Å². The van der Waals surface area contributed by atoms with E-state index in [1.54, 1.807) is 18.7 Å². The van der Waals surface area contributed by atoms with Crippen molar-refractivity contribution in [2.45, 2.75) is 52.6 Å².